The monoisotopic (exact) mass is 315 g/mol. The molecule has 1 aliphatic rings. The molecule has 0 unspecified atom stereocenters. The number of rotatable bonds is 4. The zero-order valence-corrected chi connectivity index (χ0v) is 13.5. The minimum Gasteiger partial charge on any atom is -0.497 e. The molecule has 0 amide bonds. The first-order chi connectivity index (χ1) is 11.1. The summed E-state index contributed by atoms with van der Waals surface area (Å²) in [7, 11) is 1.65. The molecule has 1 heterocycles. The molecule has 0 aromatic heterocycles. The van der Waals surface area contributed by atoms with Crippen molar-refractivity contribution >= 4 is 0 Å². The molecule has 1 aliphatic heterocycles. The van der Waals surface area contributed by atoms with Crippen LogP contribution < -0.4 is 14.8 Å². The lowest BCUT2D eigenvalue weighted by molar-refractivity contribution is 0.0386. The van der Waals surface area contributed by atoms with E-state index in [1.165, 1.54) is 12.1 Å². The third kappa shape index (κ3) is 3.48. The summed E-state index contributed by atoms with van der Waals surface area (Å²) >= 11 is 0. The molecule has 0 saturated carbocycles. The molecule has 1 saturated heterocycles. The summed E-state index contributed by atoms with van der Waals surface area (Å²) in [5.74, 6) is 1.62. The Morgan fingerprint density at radius 3 is 2.35 bits per heavy atom. The van der Waals surface area contributed by atoms with Crippen molar-refractivity contribution in [1.29, 1.82) is 0 Å². The molecule has 2 atom stereocenters. The Labute approximate surface area is 136 Å². The topological polar surface area (TPSA) is 30.5 Å². The second-order valence-electron chi connectivity index (χ2n) is 6.16. The van der Waals surface area contributed by atoms with Crippen molar-refractivity contribution in [1.82, 2.24) is 5.32 Å². The molecule has 0 aliphatic carbocycles. The average molecular weight is 315 g/mol. The first-order valence-corrected chi connectivity index (χ1v) is 7.90. The fraction of sp³-hybridized carbons (Fsp3) is 0.368. The van der Waals surface area contributed by atoms with Gasteiger partial charge in [0.15, 0.2) is 0 Å². The van der Waals surface area contributed by atoms with Crippen molar-refractivity contribution < 1.29 is 13.9 Å². The quantitative estimate of drug-likeness (QED) is 0.932. The molecule has 0 spiro atoms. The zero-order chi connectivity index (χ0) is 16.3. The zero-order valence-electron chi connectivity index (χ0n) is 13.5. The molecule has 1 fully saturated rings. The molecule has 2 aromatic rings. The Balaban J connectivity index is 1.84. The van der Waals surface area contributed by atoms with Gasteiger partial charge in [0.2, 0.25) is 0 Å². The van der Waals surface area contributed by atoms with E-state index in [0.29, 0.717) is 0 Å². The molecule has 2 aromatic carbocycles. The summed E-state index contributed by atoms with van der Waals surface area (Å²) in [4.78, 5) is 0. The molecule has 4 heteroatoms. The fourth-order valence-corrected chi connectivity index (χ4v) is 3.25. The van der Waals surface area contributed by atoms with Gasteiger partial charge in [-0.1, -0.05) is 12.1 Å². The van der Waals surface area contributed by atoms with Gasteiger partial charge in [0.05, 0.1) is 7.11 Å². The number of nitrogens with one attached hydrogen (secondary N) is 1. The summed E-state index contributed by atoms with van der Waals surface area (Å²) in [5, 5.41) is 3.41. The molecule has 3 nitrogen and oxygen atoms in total. The number of hydrogen-bond donors (Lipinski definition) is 1. The van der Waals surface area contributed by atoms with E-state index in [1.54, 1.807) is 7.11 Å². The number of methoxy groups -OCH3 is 1. The Hall–Kier alpha value is -2.07. The average Bonchev–Trinajstić information content (AvgIpc) is 2.57. The van der Waals surface area contributed by atoms with Crippen molar-refractivity contribution in [2.75, 3.05) is 20.2 Å². The maximum atomic E-state index is 13.2. The van der Waals surface area contributed by atoms with Gasteiger partial charge >= 0.3 is 0 Å². The van der Waals surface area contributed by atoms with Crippen LogP contribution in [0.1, 0.15) is 24.8 Å². The van der Waals surface area contributed by atoms with Crippen molar-refractivity contribution in [2.45, 2.75) is 24.9 Å². The van der Waals surface area contributed by atoms with Crippen LogP contribution in [0.15, 0.2) is 48.5 Å². The van der Waals surface area contributed by atoms with Crippen LogP contribution in [0.4, 0.5) is 4.39 Å². The van der Waals surface area contributed by atoms with Gasteiger partial charge in [0, 0.05) is 12.5 Å². The Morgan fingerprint density at radius 2 is 1.70 bits per heavy atom. The van der Waals surface area contributed by atoms with E-state index in [9.17, 15) is 4.39 Å². The van der Waals surface area contributed by atoms with Crippen LogP contribution in [0, 0.1) is 5.82 Å². The second kappa shape index (κ2) is 6.59. The van der Waals surface area contributed by atoms with Crippen LogP contribution in [-0.2, 0) is 0 Å². The number of halogens is 1. The summed E-state index contributed by atoms with van der Waals surface area (Å²) in [6, 6.07) is 14.4. The highest BCUT2D eigenvalue weighted by atomic mass is 19.1. The van der Waals surface area contributed by atoms with Crippen molar-refractivity contribution in [3.8, 4) is 11.5 Å². The van der Waals surface area contributed by atoms with E-state index in [4.69, 9.17) is 9.47 Å². The number of hydrogen-bond acceptors (Lipinski definition) is 3. The molecule has 3 rings (SSSR count). The molecular weight excluding hydrogens is 293 g/mol. The normalized spacial score (nSPS) is 24.2. The fourth-order valence-electron chi connectivity index (χ4n) is 3.25. The van der Waals surface area contributed by atoms with Gasteiger partial charge in [-0.2, -0.15) is 0 Å². The summed E-state index contributed by atoms with van der Waals surface area (Å²) in [6.45, 7) is 3.79. The largest absolute Gasteiger partial charge is 0.497 e. The second-order valence-corrected chi connectivity index (χ2v) is 6.16. The van der Waals surface area contributed by atoms with Gasteiger partial charge < -0.3 is 14.8 Å². The first-order valence-electron chi connectivity index (χ1n) is 7.90. The minimum absolute atomic E-state index is 0.208. The van der Waals surface area contributed by atoms with Crippen LogP contribution in [0.5, 0.6) is 11.5 Å². The van der Waals surface area contributed by atoms with Crippen LogP contribution in [-0.4, -0.2) is 25.8 Å². The van der Waals surface area contributed by atoms with Crippen LogP contribution in [0.3, 0.4) is 0 Å². The third-order valence-electron chi connectivity index (χ3n) is 4.51. The number of benzene rings is 2. The standard InChI is InChI=1S/C19H22FNO2/c1-19(23-17-9-7-16(22-2)8-10-17)13-21-12-11-18(19)14-3-5-15(20)6-4-14/h3-10,18,21H,11-13H2,1-2H3/t18-,19+/m0/s1. The van der Waals surface area contributed by atoms with E-state index in [2.05, 4.69) is 12.2 Å². The van der Waals surface area contributed by atoms with Gasteiger partial charge in [0.25, 0.3) is 0 Å². The maximum absolute atomic E-state index is 13.2. The summed E-state index contributed by atoms with van der Waals surface area (Å²) < 4.78 is 24.7. The van der Waals surface area contributed by atoms with Crippen LogP contribution in [0.25, 0.3) is 0 Å². The third-order valence-corrected chi connectivity index (χ3v) is 4.51. The van der Waals surface area contributed by atoms with Crippen LogP contribution >= 0.6 is 0 Å². The number of piperidine rings is 1. The predicted molar refractivity (Wildman–Crippen MR) is 88.7 cm³/mol. The summed E-state index contributed by atoms with van der Waals surface area (Å²) in [6.07, 6.45) is 0.957. The Bertz CT molecular complexity index is 641. The molecule has 122 valence electrons. The lowest BCUT2D eigenvalue weighted by Gasteiger charge is -2.42. The van der Waals surface area contributed by atoms with E-state index >= 15 is 0 Å². The van der Waals surface area contributed by atoms with Gasteiger partial charge in [-0.15, -0.1) is 0 Å². The lowest BCUT2D eigenvalue weighted by atomic mass is 9.78. The Morgan fingerprint density at radius 1 is 1.04 bits per heavy atom. The van der Waals surface area contributed by atoms with E-state index < -0.39 is 0 Å². The van der Waals surface area contributed by atoms with Gasteiger partial charge in [-0.25, -0.2) is 4.39 Å². The van der Waals surface area contributed by atoms with Gasteiger partial charge in [-0.05, 0) is 61.9 Å². The smallest absolute Gasteiger partial charge is 0.125 e. The van der Waals surface area contributed by atoms with E-state index in [1.807, 2.05) is 36.4 Å². The minimum atomic E-state index is -0.384. The van der Waals surface area contributed by atoms with Crippen molar-refractivity contribution in [3.63, 3.8) is 0 Å². The van der Waals surface area contributed by atoms with Gasteiger partial charge in [0.1, 0.15) is 22.9 Å². The van der Waals surface area contributed by atoms with Crippen LogP contribution in [0.2, 0.25) is 0 Å². The summed E-state index contributed by atoms with van der Waals surface area (Å²) in [5.41, 5.74) is 0.730. The predicted octanol–water partition coefficient (Wildman–Crippen LogP) is 3.75. The Kier molecular flexibility index (Phi) is 4.53. The molecule has 1 N–H and O–H groups in total. The van der Waals surface area contributed by atoms with Gasteiger partial charge in [-0.3, -0.25) is 0 Å². The van der Waals surface area contributed by atoms with Crippen molar-refractivity contribution in [2.24, 2.45) is 0 Å². The molecular formula is C19H22FNO2. The number of ether oxygens (including phenoxy) is 2. The van der Waals surface area contributed by atoms with E-state index in [0.717, 1.165) is 36.6 Å². The van der Waals surface area contributed by atoms with E-state index in [-0.39, 0.29) is 17.3 Å². The highest BCUT2D eigenvalue weighted by Crippen LogP contribution is 2.37. The lowest BCUT2D eigenvalue weighted by Crippen LogP contribution is -2.52. The highest BCUT2D eigenvalue weighted by Gasteiger charge is 2.39. The molecule has 23 heavy (non-hydrogen) atoms. The maximum Gasteiger partial charge on any atom is 0.125 e. The van der Waals surface area contributed by atoms with Crippen molar-refractivity contribution in [3.05, 3.63) is 59.9 Å². The SMILES string of the molecule is COc1ccc(O[C@]2(C)CNCC[C@H]2c2ccc(F)cc2)cc1. The first kappa shape index (κ1) is 15.8. The molecule has 0 radical (unpaired) electrons. The highest BCUT2D eigenvalue weighted by molar-refractivity contribution is 5.33. The molecule has 0 bridgehead atoms.